The van der Waals surface area contributed by atoms with Gasteiger partial charge in [-0.2, -0.15) is 0 Å². The van der Waals surface area contributed by atoms with Crippen LogP contribution in [0.4, 0.5) is 4.79 Å². The summed E-state index contributed by atoms with van der Waals surface area (Å²) >= 11 is 0. The van der Waals surface area contributed by atoms with E-state index in [0.717, 1.165) is 6.42 Å². The van der Waals surface area contributed by atoms with Gasteiger partial charge in [-0.25, -0.2) is 4.79 Å². The Morgan fingerprint density at radius 3 is 2.50 bits per heavy atom. The van der Waals surface area contributed by atoms with E-state index in [-0.39, 0.29) is 24.5 Å². The Morgan fingerprint density at radius 2 is 2.00 bits per heavy atom. The monoisotopic (exact) mass is 257 g/mol. The summed E-state index contributed by atoms with van der Waals surface area (Å²) < 4.78 is 5.18. The molecule has 6 nitrogen and oxygen atoms in total. The molecule has 104 valence electrons. The predicted molar refractivity (Wildman–Crippen MR) is 68.3 cm³/mol. The van der Waals surface area contributed by atoms with Crippen LogP contribution in [-0.2, 0) is 9.53 Å². The summed E-state index contributed by atoms with van der Waals surface area (Å²) in [5, 5.41) is 2.85. The van der Waals surface area contributed by atoms with Gasteiger partial charge in [0, 0.05) is 26.7 Å². The van der Waals surface area contributed by atoms with E-state index in [2.05, 4.69) is 5.32 Å². The number of likely N-dealkylation sites (N-methyl/N-ethyl adjacent to an activating group) is 2. The molecule has 0 bridgehead atoms. The number of hydrogen-bond acceptors (Lipinski definition) is 3. The summed E-state index contributed by atoms with van der Waals surface area (Å²) in [7, 11) is 1.63. The minimum atomic E-state index is -0.217. The van der Waals surface area contributed by atoms with Crippen molar-refractivity contribution in [2.45, 2.75) is 26.3 Å². The van der Waals surface area contributed by atoms with Gasteiger partial charge < -0.3 is 19.9 Å². The largest absolute Gasteiger partial charge is 0.379 e. The van der Waals surface area contributed by atoms with Crippen molar-refractivity contribution in [3.8, 4) is 0 Å². The van der Waals surface area contributed by atoms with Gasteiger partial charge in [0.05, 0.1) is 12.6 Å². The molecular weight excluding hydrogens is 234 g/mol. The van der Waals surface area contributed by atoms with Crippen molar-refractivity contribution in [2.24, 2.45) is 0 Å². The van der Waals surface area contributed by atoms with Gasteiger partial charge in [-0.1, -0.05) is 0 Å². The first-order valence-corrected chi connectivity index (χ1v) is 6.45. The Hall–Kier alpha value is -1.30. The summed E-state index contributed by atoms with van der Waals surface area (Å²) in [6.07, 6.45) is 0.837. The number of nitrogens with one attached hydrogen (secondary N) is 1. The zero-order valence-corrected chi connectivity index (χ0v) is 11.4. The Balaban J connectivity index is 2.36. The van der Waals surface area contributed by atoms with E-state index in [1.54, 1.807) is 11.9 Å². The molecule has 6 heteroatoms. The standard InChI is InChI=1S/C12H23N3O3/c1-4-15(5-2)11(16)8-14(3)12(17)13-10-6-7-18-9-10/h10H,4-9H2,1-3H3,(H,13,17). The Bertz CT molecular complexity index is 286. The normalized spacial score (nSPS) is 18.5. The molecule has 1 fully saturated rings. The van der Waals surface area contributed by atoms with Crippen molar-refractivity contribution in [1.29, 1.82) is 0 Å². The fourth-order valence-corrected chi connectivity index (χ4v) is 1.88. The molecule has 1 aliphatic rings. The summed E-state index contributed by atoms with van der Waals surface area (Å²) in [5.41, 5.74) is 0. The molecule has 1 N–H and O–H groups in total. The van der Waals surface area contributed by atoms with Crippen molar-refractivity contribution in [3.63, 3.8) is 0 Å². The topological polar surface area (TPSA) is 61.9 Å². The lowest BCUT2D eigenvalue weighted by Crippen LogP contribution is -2.47. The number of urea groups is 1. The highest BCUT2D eigenvalue weighted by molar-refractivity contribution is 5.84. The highest BCUT2D eigenvalue weighted by Gasteiger charge is 2.21. The quantitative estimate of drug-likeness (QED) is 0.770. The maximum atomic E-state index is 11.8. The molecule has 1 unspecified atom stereocenters. The summed E-state index contributed by atoms with van der Waals surface area (Å²) in [6, 6.07) is -0.144. The predicted octanol–water partition coefficient (Wildman–Crippen LogP) is 0.285. The molecule has 0 aliphatic carbocycles. The first-order valence-electron chi connectivity index (χ1n) is 6.45. The maximum Gasteiger partial charge on any atom is 0.317 e. The number of nitrogens with zero attached hydrogens (tertiary/aromatic N) is 2. The number of carbonyl (C=O) groups excluding carboxylic acids is 2. The molecule has 0 saturated carbocycles. The van der Waals surface area contributed by atoms with E-state index in [9.17, 15) is 9.59 Å². The SMILES string of the molecule is CCN(CC)C(=O)CN(C)C(=O)NC1CCOC1. The van der Waals surface area contributed by atoms with Crippen LogP contribution in [0.15, 0.2) is 0 Å². The van der Waals surface area contributed by atoms with Crippen molar-refractivity contribution < 1.29 is 14.3 Å². The van der Waals surface area contributed by atoms with Gasteiger partial charge in [0.25, 0.3) is 0 Å². The minimum absolute atomic E-state index is 0.0275. The van der Waals surface area contributed by atoms with Gasteiger partial charge in [-0.05, 0) is 20.3 Å². The van der Waals surface area contributed by atoms with Gasteiger partial charge in [0.15, 0.2) is 0 Å². The number of rotatable bonds is 5. The molecule has 18 heavy (non-hydrogen) atoms. The molecule has 1 atom stereocenters. The molecule has 0 aromatic rings. The summed E-state index contributed by atoms with van der Waals surface area (Å²) in [4.78, 5) is 26.8. The number of ether oxygens (including phenoxy) is 1. The second-order valence-corrected chi connectivity index (χ2v) is 4.43. The first-order chi connectivity index (χ1) is 8.58. The second-order valence-electron chi connectivity index (χ2n) is 4.43. The zero-order chi connectivity index (χ0) is 13.5. The van der Waals surface area contributed by atoms with E-state index in [1.807, 2.05) is 13.8 Å². The van der Waals surface area contributed by atoms with Crippen LogP contribution in [0.2, 0.25) is 0 Å². The van der Waals surface area contributed by atoms with Crippen molar-refractivity contribution in [2.75, 3.05) is 39.9 Å². The van der Waals surface area contributed by atoms with Gasteiger partial charge >= 0.3 is 6.03 Å². The summed E-state index contributed by atoms with van der Waals surface area (Å²) in [5.74, 6) is -0.0275. The molecule has 0 aromatic heterocycles. The maximum absolute atomic E-state index is 11.8. The van der Waals surface area contributed by atoms with Crippen molar-refractivity contribution in [3.05, 3.63) is 0 Å². The number of hydrogen-bond donors (Lipinski definition) is 1. The minimum Gasteiger partial charge on any atom is -0.379 e. The first kappa shape index (κ1) is 14.8. The van der Waals surface area contributed by atoms with Crippen molar-refractivity contribution >= 4 is 11.9 Å². The molecule has 1 aliphatic heterocycles. The van der Waals surface area contributed by atoms with E-state index < -0.39 is 0 Å². The van der Waals surface area contributed by atoms with Crippen LogP contribution < -0.4 is 5.32 Å². The van der Waals surface area contributed by atoms with Crippen LogP contribution in [0, 0.1) is 0 Å². The van der Waals surface area contributed by atoms with Crippen LogP contribution in [0.5, 0.6) is 0 Å². The van der Waals surface area contributed by atoms with Gasteiger partial charge in [0.2, 0.25) is 5.91 Å². The van der Waals surface area contributed by atoms with Crippen LogP contribution in [0.1, 0.15) is 20.3 Å². The molecule has 3 amide bonds. The third-order valence-electron chi connectivity index (χ3n) is 3.09. The van der Waals surface area contributed by atoms with Gasteiger partial charge in [-0.15, -0.1) is 0 Å². The second kappa shape index (κ2) is 7.20. The average Bonchev–Trinajstić information content (AvgIpc) is 2.83. The number of carbonyl (C=O) groups is 2. The van der Waals surface area contributed by atoms with Crippen LogP contribution in [0.3, 0.4) is 0 Å². The lowest BCUT2D eigenvalue weighted by molar-refractivity contribution is -0.131. The summed E-state index contributed by atoms with van der Waals surface area (Å²) in [6.45, 7) is 6.55. The Labute approximate surface area is 108 Å². The fourth-order valence-electron chi connectivity index (χ4n) is 1.88. The van der Waals surface area contributed by atoms with E-state index in [4.69, 9.17) is 4.74 Å². The highest BCUT2D eigenvalue weighted by atomic mass is 16.5. The Morgan fingerprint density at radius 1 is 1.33 bits per heavy atom. The smallest absolute Gasteiger partial charge is 0.317 e. The molecular formula is C12H23N3O3. The molecule has 0 spiro atoms. The fraction of sp³-hybridized carbons (Fsp3) is 0.833. The van der Waals surface area contributed by atoms with E-state index in [0.29, 0.717) is 26.3 Å². The third-order valence-corrected chi connectivity index (χ3v) is 3.09. The van der Waals surface area contributed by atoms with E-state index >= 15 is 0 Å². The van der Waals surface area contributed by atoms with Gasteiger partial charge in [0.1, 0.15) is 6.54 Å². The third kappa shape index (κ3) is 4.18. The van der Waals surface area contributed by atoms with Crippen LogP contribution in [-0.4, -0.2) is 67.7 Å². The highest BCUT2D eigenvalue weighted by Crippen LogP contribution is 2.04. The van der Waals surface area contributed by atoms with Crippen LogP contribution >= 0.6 is 0 Å². The average molecular weight is 257 g/mol. The number of amides is 3. The lowest BCUT2D eigenvalue weighted by atomic mass is 10.3. The molecule has 0 aromatic carbocycles. The molecule has 0 radical (unpaired) electrons. The molecule has 1 heterocycles. The Kier molecular flexibility index (Phi) is 5.91. The van der Waals surface area contributed by atoms with Crippen LogP contribution in [0.25, 0.3) is 0 Å². The zero-order valence-electron chi connectivity index (χ0n) is 11.4. The van der Waals surface area contributed by atoms with Crippen molar-refractivity contribution in [1.82, 2.24) is 15.1 Å². The molecule has 1 saturated heterocycles. The lowest BCUT2D eigenvalue weighted by Gasteiger charge is -2.24. The van der Waals surface area contributed by atoms with E-state index in [1.165, 1.54) is 4.90 Å². The molecule has 1 rings (SSSR count). The van der Waals surface area contributed by atoms with Gasteiger partial charge in [-0.3, -0.25) is 4.79 Å².